The quantitative estimate of drug-likeness (QED) is 0.462. The molecule has 32 heavy (non-hydrogen) atoms. The first-order valence-electron chi connectivity index (χ1n) is 10.3. The molecule has 0 radical (unpaired) electrons. The number of nitrogens with one attached hydrogen (secondary N) is 3. The second-order valence-electron chi connectivity index (χ2n) is 7.66. The topological polar surface area (TPSA) is 100 Å². The van der Waals surface area contributed by atoms with Gasteiger partial charge in [0.2, 0.25) is 11.9 Å². The van der Waals surface area contributed by atoms with Crippen molar-refractivity contribution in [2.75, 3.05) is 36.1 Å². The maximum absolute atomic E-state index is 11.5. The van der Waals surface area contributed by atoms with Crippen LogP contribution in [0.3, 0.4) is 0 Å². The summed E-state index contributed by atoms with van der Waals surface area (Å²) >= 11 is 6.29. The summed E-state index contributed by atoms with van der Waals surface area (Å²) in [6.07, 6.45) is 8.66. The minimum atomic E-state index is -0.283. The molecule has 1 amide bonds. The number of carbonyl (C=O) groups excluding carboxylic acids is 1. The molecular formula is C22H25ClN8O. The van der Waals surface area contributed by atoms with Crippen molar-refractivity contribution in [2.45, 2.75) is 18.9 Å². The fourth-order valence-electron chi connectivity index (χ4n) is 3.51. The molecule has 0 spiro atoms. The van der Waals surface area contributed by atoms with Gasteiger partial charge in [0.25, 0.3) is 0 Å². The Hall–Kier alpha value is -3.43. The van der Waals surface area contributed by atoms with Gasteiger partial charge >= 0.3 is 0 Å². The van der Waals surface area contributed by atoms with Crippen LogP contribution >= 0.6 is 11.6 Å². The van der Waals surface area contributed by atoms with E-state index < -0.39 is 0 Å². The van der Waals surface area contributed by atoms with Crippen molar-refractivity contribution >= 4 is 46.3 Å². The number of anilines is 5. The van der Waals surface area contributed by atoms with Gasteiger partial charge in [-0.1, -0.05) is 24.2 Å². The average Bonchev–Trinajstić information content (AvgIpc) is 3.25. The molecule has 4 rings (SSSR count). The number of rotatable bonds is 7. The van der Waals surface area contributed by atoms with Crippen LogP contribution in [0.15, 0.2) is 55.5 Å². The fraction of sp³-hybridized carbons (Fsp3) is 0.273. The standard InChI is InChI=1S/C22H25ClN8O/c1-3-20(32)26-15-5-4-6-16(11-15)27-21-19(23)13-24-22(29-21)28-17-12-25-31(14-17)18-7-9-30(2)10-8-18/h3-6,11-14,18H,1,7-10H2,2H3,(H,26,32)(H2,24,27,28,29). The van der Waals surface area contributed by atoms with Gasteiger partial charge in [0.1, 0.15) is 5.02 Å². The summed E-state index contributed by atoms with van der Waals surface area (Å²) in [6.45, 7) is 5.60. The summed E-state index contributed by atoms with van der Waals surface area (Å²) in [5, 5.41) is 14.0. The van der Waals surface area contributed by atoms with Gasteiger partial charge in [0, 0.05) is 17.6 Å². The molecule has 1 aliphatic heterocycles. The minimum Gasteiger partial charge on any atom is -0.339 e. The van der Waals surface area contributed by atoms with E-state index in [9.17, 15) is 4.79 Å². The van der Waals surface area contributed by atoms with Gasteiger partial charge in [-0.15, -0.1) is 0 Å². The third kappa shape index (κ3) is 5.43. The summed E-state index contributed by atoms with van der Waals surface area (Å²) in [5.41, 5.74) is 2.16. The highest BCUT2D eigenvalue weighted by atomic mass is 35.5. The van der Waals surface area contributed by atoms with E-state index in [-0.39, 0.29) is 5.91 Å². The molecule has 3 aromatic rings. The summed E-state index contributed by atoms with van der Waals surface area (Å²) in [6, 6.07) is 7.62. The van der Waals surface area contributed by atoms with Crippen LogP contribution in [-0.2, 0) is 4.79 Å². The molecule has 10 heteroatoms. The van der Waals surface area contributed by atoms with Gasteiger partial charge in [-0.3, -0.25) is 9.48 Å². The molecule has 0 aliphatic carbocycles. The van der Waals surface area contributed by atoms with Gasteiger partial charge in [-0.2, -0.15) is 10.1 Å². The second kappa shape index (κ2) is 9.80. The highest BCUT2D eigenvalue weighted by Gasteiger charge is 2.19. The Kier molecular flexibility index (Phi) is 6.67. The second-order valence-corrected chi connectivity index (χ2v) is 8.07. The molecule has 1 fully saturated rings. The summed E-state index contributed by atoms with van der Waals surface area (Å²) in [5.74, 6) is 0.560. The van der Waals surface area contributed by atoms with Gasteiger partial charge < -0.3 is 20.9 Å². The molecule has 2 aromatic heterocycles. The zero-order valence-electron chi connectivity index (χ0n) is 17.8. The van der Waals surface area contributed by atoms with Gasteiger partial charge in [0.15, 0.2) is 5.82 Å². The van der Waals surface area contributed by atoms with Crippen LogP contribution in [0.5, 0.6) is 0 Å². The predicted octanol–water partition coefficient (Wildman–Crippen LogP) is 4.20. The lowest BCUT2D eigenvalue weighted by atomic mass is 10.1. The van der Waals surface area contributed by atoms with Crippen LogP contribution in [0.25, 0.3) is 0 Å². The molecule has 1 saturated heterocycles. The fourth-order valence-corrected chi connectivity index (χ4v) is 3.65. The maximum Gasteiger partial charge on any atom is 0.247 e. The molecule has 1 aliphatic rings. The van der Waals surface area contributed by atoms with E-state index in [1.54, 1.807) is 18.3 Å². The van der Waals surface area contributed by atoms with Crippen LogP contribution in [-0.4, -0.2) is 50.7 Å². The van der Waals surface area contributed by atoms with Gasteiger partial charge in [0.05, 0.1) is 24.1 Å². The summed E-state index contributed by atoms with van der Waals surface area (Å²) in [4.78, 5) is 22.6. The van der Waals surface area contributed by atoms with Crippen LogP contribution in [0, 0.1) is 0 Å². The molecule has 9 nitrogen and oxygen atoms in total. The van der Waals surface area contributed by atoms with E-state index in [2.05, 4.69) is 49.5 Å². The lowest BCUT2D eigenvalue weighted by molar-refractivity contribution is -0.111. The SMILES string of the molecule is C=CC(=O)Nc1cccc(Nc2nc(Nc3cnn(C4CCN(C)CC4)c3)ncc2Cl)c1. The van der Waals surface area contributed by atoms with Crippen molar-refractivity contribution in [3.63, 3.8) is 0 Å². The molecule has 0 saturated carbocycles. The number of carbonyl (C=O) groups is 1. The van der Waals surface area contributed by atoms with E-state index in [1.165, 1.54) is 12.3 Å². The number of benzene rings is 1. The summed E-state index contributed by atoms with van der Waals surface area (Å²) in [7, 11) is 2.14. The summed E-state index contributed by atoms with van der Waals surface area (Å²) < 4.78 is 2.01. The number of nitrogens with zero attached hydrogens (tertiary/aromatic N) is 5. The minimum absolute atomic E-state index is 0.283. The third-order valence-electron chi connectivity index (χ3n) is 5.24. The first-order valence-corrected chi connectivity index (χ1v) is 10.7. The Bertz CT molecular complexity index is 1110. The molecular weight excluding hydrogens is 428 g/mol. The maximum atomic E-state index is 11.5. The van der Waals surface area contributed by atoms with Crippen LogP contribution in [0.4, 0.5) is 28.8 Å². The molecule has 3 N–H and O–H groups in total. The number of hydrogen-bond acceptors (Lipinski definition) is 7. The van der Waals surface area contributed by atoms with Crippen molar-refractivity contribution in [2.24, 2.45) is 0 Å². The molecule has 0 bridgehead atoms. The first-order chi connectivity index (χ1) is 15.5. The lowest BCUT2D eigenvalue weighted by Gasteiger charge is -2.28. The largest absolute Gasteiger partial charge is 0.339 e. The van der Waals surface area contributed by atoms with E-state index >= 15 is 0 Å². The van der Waals surface area contributed by atoms with Crippen molar-refractivity contribution < 1.29 is 4.79 Å². The van der Waals surface area contributed by atoms with E-state index in [1.807, 2.05) is 23.0 Å². The van der Waals surface area contributed by atoms with Crippen LogP contribution < -0.4 is 16.0 Å². The van der Waals surface area contributed by atoms with Crippen LogP contribution in [0.1, 0.15) is 18.9 Å². The molecule has 0 unspecified atom stereocenters. The number of amides is 1. The Balaban J connectivity index is 1.45. The molecule has 1 aromatic carbocycles. The highest BCUT2D eigenvalue weighted by molar-refractivity contribution is 6.32. The normalized spacial score (nSPS) is 14.7. The number of hydrogen-bond donors (Lipinski definition) is 3. The number of aromatic nitrogens is 4. The highest BCUT2D eigenvalue weighted by Crippen LogP contribution is 2.27. The molecule has 166 valence electrons. The Morgan fingerprint density at radius 2 is 1.97 bits per heavy atom. The van der Waals surface area contributed by atoms with Gasteiger partial charge in [-0.25, -0.2) is 4.98 Å². The average molecular weight is 453 g/mol. The third-order valence-corrected chi connectivity index (χ3v) is 5.52. The number of halogens is 1. The Labute approximate surface area is 191 Å². The van der Waals surface area contributed by atoms with E-state index in [0.717, 1.165) is 31.6 Å². The number of piperidine rings is 1. The van der Waals surface area contributed by atoms with Crippen molar-refractivity contribution in [1.82, 2.24) is 24.6 Å². The van der Waals surface area contributed by atoms with Crippen molar-refractivity contribution in [1.29, 1.82) is 0 Å². The Morgan fingerprint density at radius 1 is 1.19 bits per heavy atom. The van der Waals surface area contributed by atoms with E-state index in [0.29, 0.717) is 34.2 Å². The zero-order valence-corrected chi connectivity index (χ0v) is 18.5. The smallest absolute Gasteiger partial charge is 0.247 e. The molecule has 0 atom stereocenters. The monoisotopic (exact) mass is 452 g/mol. The lowest BCUT2D eigenvalue weighted by Crippen LogP contribution is -2.31. The van der Waals surface area contributed by atoms with Crippen molar-refractivity contribution in [3.05, 3.63) is 60.5 Å². The van der Waals surface area contributed by atoms with Crippen molar-refractivity contribution in [3.8, 4) is 0 Å². The first kappa shape index (κ1) is 21.8. The van der Waals surface area contributed by atoms with Crippen LogP contribution in [0.2, 0.25) is 5.02 Å². The molecule has 3 heterocycles. The predicted molar refractivity (Wildman–Crippen MR) is 127 cm³/mol. The zero-order chi connectivity index (χ0) is 22.5. The number of likely N-dealkylation sites (tertiary alicyclic amines) is 1. The van der Waals surface area contributed by atoms with Gasteiger partial charge in [-0.05, 0) is 57.3 Å². The Morgan fingerprint density at radius 3 is 2.75 bits per heavy atom. The van der Waals surface area contributed by atoms with E-state index in [4.69, 9.17) is 11.6 Å².